The van der Waals surface area contributed by atoms with Crippen LogP contribution in [0, 0.1) is 6.92 Å². The van der Waals surface area contributed by atoms with Crippen molar-refractivity contribution >= 4 is 34.1 Å². The molecule has 1 aliphatic heterocycles. The van der Waals surface area contributed by atoms with Crippen LogP contribution in [0.15, 0.2) is 53.1 Å². The van der Waals surface area contributed by atoms with E-state index in [2.05, 4.69) is 10.6 Å². The van der Waals surface area contributed by atoms with E-state index < -0.39 is 5.97 Å². The lowest BCUT2D eigenvalue weighted by Gasteiger charge is -2.22. The number of hydrogen-bond donors (Lipinski definition) is 2. The molecule has 2 N–H and O–H groups in total. The third kappa shape index (κ3) is 5.80. The van der Waals surface area contributed by atoms with Crippen molar-refractivity contribution in [2.75, 3.05) is 25.0 Å². The minimum absolute atomic E-state index is 0.0543. The number of thiophene rings is 1. The van der Waals surface area contributed by atoms with Crippen molar-refractivity contribution in [1.82, 2.24) is 10.2 Å². The Hall–Kier alpha value is -3.43. The average Bonchev–Trinajstić information content (AvgIpc) is 3.59. The second-order valence-electron chi connectivity index (χ2n) is 8.30. The summed E-state index contributed by atoms with van der Waals surface area (Å²) in [6.07, 6.45) is 3.08. The van der Waals surface area contributed by atoms with E-state index in [1.54, 1.807) is 25.3 Å². The standard InChI is InChI=1S/C26H29N3O5S/c1-3-33-26(32)23-22(18-9-5-4-6-10-18)17(2)35-25(23)28-21(30)16-29-13-7-12-20(29)24(31)27-15-19-11-8-14-34-19/h4-6,8-11,14,20H,3,7,12-13,15-16H2,1-2H3,(H,27,31)(H,28,30)/t20-/m0/s1. The van der Waals surface area contributed by atoms with E-state index >= 15 is 0 Å². The van der Waals surface area contributed by atoms with Gasteiger partial charge < -0.3 is 19.8 Å². The number of esters is 1. The number of amides is 2. The first-order chi connectivity index (χ1) is 17.0. The number of likely N-dealkylation sites (tertiary alicyclic amines) is 1. The van der Waals surface area contributed by atoms with Crippen LogP contribution in [0.5, 0.6) is 0 Å². The summed E-state index contributed by atoms with van der Waals surface area (Å²) >= 11 is 1.35. The molecule has 4 rings (SSSR count). The molecule has 1 saturated heterocycles. The molecule has 3 aromatic rings. The van der Waals surface area contributed by atoms with Gasteiger partial charge in [-0.1, -0.05) is 30.3 Å². The molecule has 35 heavy (non-hydrogen) atoms. The van der Waals surface area contributed by atoms with E-state index in [1.165, 1.54) is 11.3 Å². The first-order valence-electron chi connectivity index (χ1n) is 11.7. The summed E-state index contributed by atoms with van der Waals surface area (Å²) in [5, 5.41) is 6.25. The van der Waals surface area contributed by atoms with Crippen molar-refractivity contribution < 1.29 is 23.5 Å². The predicted octanol–water partition coefficient (Wildman–Crippen LogP) is 4.21. The molecule has 1 fully saturated rings. The quantitative estimate of drug-likeness (QED) is 0.431. The zero-order chi connectivity index (χ0) is 24.8. The molecule has 1 aromatic carbocycles. The largest absolute Gasteiger partial charge is 0.467 e. The van der Waals surface area contributed by atoms with E-state index in [1.807, 2.05) is 42.2 Å². The van der Waals surface area contributed by atoms with Crippen molar-refractivity contribution in [3.8, 4) is 11.1 Å². The number of anilines is 1. The molecule has 2 amide bonds. The number of ether oxygens (including phenoxy) is 1. The van der Waals surface area contributed by atoms with E-state index in [4.69, 9.17) is 9.15 Å². The Morgan fingerprint density at radius 2 is 1.97 bits per heavy atom. The van der Waals surface area contributed by atoms with Gasteiger partial charge in [-0.25, -0.2) is 4.79 Å². The lowest BCUT2D eigenvalue weighted by Crippen LogP contribution is -2.45. The highest BCUT2D eigenvalue weighted by atomic mass is 32.1. The van der Waals surface area contributed by atoms with Crippen LogP contribution in [0.1, 0.15) is 40.8 Å². The summed E-state index contributed by atoms with van der Waals surface area (Å²) in [4.78, 5) is 41.4. The van der Waals surface area contributed by atoms with E-state index in [9.17, 15) is 14.4 Å². The molecule has 1 atom stereocenters. The molecule has 9 heteroatoms. The topological polar surface area (TPSA) is 101 Å². The number of carbonyl (C=O) groups is 3. The minimum atomic E-state index is -0.470. The highest BCUT2D eigenvalue weighted by Crippen LogP contribution is 2.40. The minimum Gasteiger partial charge on any atom is -0.467 e. The van der Waals surface area contributed by atoms with E-state index in [0.717, 1.165) is 22.4 Å². The highest BCUT2D eigenvalue weighted by Gasteiger charge is 2.32. The molecule has 1 aliphatic rings. The fourth-order valence-corrected chi connectivity index (χ4v) is 5.43. The normalized spacial score (nSPS) is 15.7. The third-order valence-electron chi connectivity index (χ3n) is 5.91. The maximum absolute atomic E-state index is 13.0. The molecule has 8 nitrogen and oxygen atoms in total. The second kappa shape index (κ2) is 11.3. The molecule has 0 aliphatic carbocycles. The molecule has 2 aromatic heterocycles. The maximum atomic E-state index is 13.0. The average molecular weight is 496 g/mol. The van der Waals surface area contributed by atoms with Crippen LogP contribution < -0.4 is 10.6 Å². The fourth-order valence-electron chi connectivity index (χ4n) is 4.35. The summed E-state index contributed by atoms with van der Waals surface area (Å²) in [6.45, 7) is 4.92. The van der Waals surface area contributed by atoms with Gasteiger partial charge in [0.05, 0.1) is 32.0 Å². The Bertz CT molecular complexity index is 1170. The van der Waals surface area contributed by atoms with Crippen molar-refractivity contribution in [3.05, 3.63) is 64.9 Å². The summed E-state index contributed by atoms with van der Waals surface area (Å²) < 4.78 is 10.6. The van der Waals surface area contributed by atoms with Crippen LogP contribution >= 0.6 is 11.3 Å². The summed E-state index contributed by atoms with van der Waals surface area (Å²) in [5.41, 5.74) is 2.02. The zero-order valence-electron chi connectivity index (χ0n) is 19.8. The summed E-state index contributed by atoms with van der Waals surface area (Å²) in [7, 11) is 0. The SMILES string of the molecule is CCOC(=O)c1c(NC(=O)CN2CCC[C@H]2C(=O)NCc2ccco2)sc(C)c1-c1ccccc1. The van der Waals surface area contributed by atoms with Crippen LogP contribution in [0.4, 0.5) is 5.00 Å². The number of benzene rings is 1. The molecule has 0 radical (unpaired) electrons. The van der Waals surface area contributed by atoms with Crippen molar-refractivity contribution in [1.29, 1.82) is 0 Å². The van der Waals surface area contributed by atoms with Crippen molar-refractivity contribution in [2.45, 2.75) is 39.3 Å². The van der Waals surface area contributed by atoms with E-state index in [-0.39, 0.29) is 31.0 Å². The lowest BCUT2D eigenvalue weighted by molar-refractivity contribution is -0.126. The van der Waals surface area contributed by atoms with Gasteiger partial charge in [0, 0.05) is 10.4 Å². The van der Waals surface area contributed by atoms with Gasteiger partial charge in [-0.3, -0.25) is 14.5 Å². The van der Waals surface area contributed by atoms with Gasteiger partial charge in [0.25, 0.3) is 0 Å². The number of nitrogens with one attached hydrogen (secondary N) is 2. The smallest absolute Gasteiger partial charge is 0.341 e. The van der Waals surface area contributed by atoms with Crippen LogP contribution in [0.2, 0.25) is 0 Å². The van der Waals surface area contributed by atoms with Crippen LogP contribution in [-0.4, -0.2) is 48.4 Å². The summed E-state index contributed by atoms with van der Waals surface area (Å²) in [5.74, 6) is -0.198. The molecule has 0 unspecified atom stereocenters. The molecule has 0 saturated carbocycles. The Labute approximate surface area is 208 Å². The second-order valence-corrected chi connectivity index (χ2v) is 9.52. The Kier molecular flexibility index (Phi) is 7.99. The lowest BCUT2D eigenvalue weighted by atomic mass is 10.0. The molecule has 0 bridgehead atoms. The molecule has 0 spiro atoms. The Morgan fingerprint density at radius 3 is 2.69 bits per heavy atom. The monoisotopic (exact) mass is 495 g/mol. The van der Waals surface area contributed by atoms with Crippen LogP contribution in [0.3, 0.4) is 0 Å². The number of carbonyl (C=O) groups excluding carboxylic acids is 3. The van der Waals surface area contributed by atoms with Gasteiger partial charge in [0.15, 0.2) is 0 Å². The van der Waals surface area contributed by atoms with Gasteiger partial charge >= 0.3 is 5.97 Å². The highest BCUT2D eigenvalue weighted by molar-refractivity contribution is 7.17. The molecular weight excluding hydrogens is 466 g/mol. The van der Waals surface area contributed by atoms with Crippen LogP contribution in [0.25, 0.3) is 11.1 Å². The van der Waals surface area contributed by atoms with Gasteiger partial charge in [-0.15, -0.1) is 11.3 Å². The zero-order valence-corrected chi connectivity index (χ0v) is 20.7. The fraction of sp³-hybridized carbons (Fsp3) is 0.346. The first kappa shape index (κ1) is 24.7. The number of hydrogen-bond acceptors (Lipinski definition) is 7. The number of nitrogens with zero attached hydrogens (tertiary/aromatic N) is 1. The molecule has 184 valence electrons. The Morgan fingerprint density at radius 1 is 1.17 bits per heavy atom. The number of aryl methyl sites for hydroxylation is 1. The maximum Gasteiger partial charge on any atom is 0.341 e. The van der Waals surface area contributed by atoms with Gasteiger partial charge in [-0.2, -0.15) is 0 Å². The molecule has 3 heterocycles. The number of rotatable bonds is 9. The van der Waals surface area contributed by atoms with Gasteiger partial charge in [0.1, 0.15) is 16.3 Å². The summed E-state index contributed by atoms with van der Waals surface area (Å²) in [6, 6.07) is 12.8. The van der Waals surface area contributed by atoms with Crippen molar-refractivity contribution in [2.24, 2.45) is 0 Å². The Balaban J connectivity index is 1.47. The van der Waals surface area contributed by atoms with Gasteiger partial charge in [0.2, 0.25) is 11.8 Å². The van der Waals surface area contributed by atoms with Crippen molar-refractivity contribution in [3.63, 3.8) is 0 Å². The number of furan rings is 1. The predicted molar refractivity (Wildman–Crippen MR) is 134 cm³/mol. The first-order valence-corrected chi connectivity index (χ1v) is 12.5. The van der Waals surface area contributed by atoms with Crippen LogP contribution in [-0.2, 0) is 20.9 Å². The van der Waals surface area contributed by atoms with E-state index in [0.29, 0.717) is 35.8 Å². The third-order valence-corrected chi connectivity index (χ3v) is 6.93. The molecular formula is C26H29N3O5S. The van der Waals surface area contributed by atoms with Gasteiger partial charge in [-0.05, 0) is 50.9 Å².